The van der Waals surface area contributed by atoms with Crippen LogP contribution in [0.25, 0.3) is 0 Å². The minimum atomic E-state index is -0.792. The van der Waals surface area contributed by atoms with Crippen molar-refractivity contribution in [2.45, 2.75) is 26.0 Å². The maximum Gasteiger partial charge on any atom is 0.0991 e. The van der Waals surface area contributed by atoms with Gasteiger partial charge in [-0.2, -0.15) is 5.26 Å². The van der Waals surface area contributed by atoms with Crippen LogP contribution in [0.3, 0.4) is 0 Å². The average Bonchev–Trinajstić information content (AvgIpc) is 2.29. The first-order valence-electron chi connectivity index (χ1n) is 5.49. The summed E-state index contributed by atoms with van der Waals surface area (Å²) in [6, 6.07) is 9.38. The summed E-state index contributed by atoms with van der Waals surface area (Å²) in [4.78, 5) is 0. The third-order valence-electron chi connectivity index (χ3n) is 2.58. The number of nitrogens with zero attached hydrogens (tertiary/aromatic N) is 1. The molecule has 86 valence electrons. The molecule has 1 rings (SSSR count). The average molecular weight is 235 g/mol. The van der Waals surface area contributed by atoms with E-state index in [1.54, 1.807) is 12.1 Å². The van der Waals surface area contributed by atoms with Crippen LogP contribution in [0.1, 0.15) is 31.4 Å². The Morgan fingerprint density at radius 1 is 1.38 bits per heavy atom. The molecule has 0 aromatic heterocycles. The summed E-state index contributed by atoms with van der Waals surface area (Å²) >= 11 is 0. The Balaban J connectivity index is 2.53. The van der Waals surface area contributed by atoms with Gasteiger partial charge < -0.3 is 0 Å². The Kier molecular flexibility index (Phi) is 5.21. The van der Waals surface area contributed by atoms with E-state index in [1.807, 2.05) is 12.1 Å². The van der Waals surface area contributed by atoms with Crippen LogP contribution in [0.5, 0.6) is 0 Å². The van der Waals surface area contributed by atoms with Crippen molar-refractivity contribution < 1.29 is 4.21 Å². The van der Waals surface area contributed by atoms with Crippen molar-refractivity contribution in [3.8, 4) is 6.07 Å². The summed E-state index contributed by atoms with van der Waals surface area (Å²) in [6.07, 6.45) is 1.07. The summed E-state index contributed by atoms with van der Waals surface area (Å²) < 4.78 is 11.8. The van der Waals surface area contributed by atoms with Gasteiger partial charge in [0.05, 0.1) is 11.6 Å². The Morgan fingerprint density at radius 2 is 2.00 bits per heavy atom. The van der Waals surface area contributed by atoms with E-state index in [4.69, 9.17) is 5.26 Å². The van der Waals surface area contributed by atoms with Crippen molar-refractivity contribution in [2.75, 3.05) is 5.75 Å². The molecule has 2 atom stereocenters. The zero-order chi connectivity index (χ0) is 12.0. The number of nitriles is 1. The van der Waals surface area contributed by atoms with E-state index in [9.17, 15) is 4.21 Å². The fourth-order valence-corrected chi connectivity index (χ4v) is 2.91. The SMILES string of the molecule is CCC(C)CS(=O)Cc1ccc(C#N)cc1. The Hall–Kier alpha value is -1.14. The second-order valence-corrected chi connectivity index (χ2v) is 5.57. The number of rotatable bonds is 5. The predicted octanol–water partition coefficient (Wildman–Crippen LogP) is 2.85. The molecule has 0 amide bonds. The fourth-order valence-electron chi connectivity index (χ4n) is 1.36. The van der Waals surface area contributed by atoms with Crippen molar-refractivity contribution >= 4 is 10.8 Å². The summed E-state index contributed by atoms with van der Waals surface area (Å²) in [5.41, 5.74) is 1.69. The monoisotopic (exact) mass is 235 g/mol. The fraction of sp³-hybridized carbons (Fsp3) is 0.462. The van der Waals surface area contributed by atoms with E-state index in [0.717, 1.165) is 17.7 Å². The molecular weight excluding hydrogens is 218 g/mol. The first-order valence-corrected chi connectivity index (χ1v) is 6.98. The summed E-state index contributed by atoms with van der Waals surface area (Å²) in [6.45, 7) is 4.24. The van der Waals surface area contributed by atoms with Gasteiger partial charge in [-0.15, -0.1) is 0 Å². The van der Waals surface area contributed by atoms with Gasteiger partial charge in [0, 0.05) is 22.3 Å². The van der Waals surface area contributed by atoms with Gasteiger partial charge in [0.15, 0.2) is 0 Å². The lowest BCUT2D eigenvalue weighted by Gasteiger charge is -2.07. The number of hydrogen-bond donors (Lipinski definition) is 0. The zero-order valence-electron chi connectivity index (χ0n) is 9.77. The predicted molar refractivity (Wildman–Crippen MR) is 67.3 cm³/mol. The second kappa shape index (κ2) is 6.44. The molecule has 0 heterocycles. The van der Waals surface area contributed by atoms with Gasteiger partial charge in [-0.3, -0.25) is 4.21 Å². The molecule has 2 nitrogen and oxygen atoms in total. The van der Waals surface area contributed by atoms with E-state index >= 15 is 0 Å². The maximum atomic E-state index is 11.8. The van der Waals surface area contributed by atoms with Gasteiger partial charge in [-0.25, -0.2) is 0 Å². The summed E-state index contributed by atoms with van der Waals surface area (Å²) in [7, 11) is -0.792. The molecule has 2 unspecified atom stereocenters. The van der Waals surface area contributed by atoms with Gasteiger partial charge in [-0.05, 0) is 23.6 Å². The molecule has 0 bridgehead atoms. The van der Waals surface area contributed by atoms with Crippen molar-refractivity contribution in [1.82, 2.24) is 0 Å². The van der Waals surface area contributed by atoms with Crippen LogP contribution in [0.4, 0.5) is 0 Å². The van der Waals surface area contributed by atoms with Crippen LogP contribution in [-0.4, -0.2) is 9.96 Å². The third kappa shape index (κ3) is 4.16. The molecule has 0 fully saturated rings. The van der Waals surface area contributed by atoms with Gasteiger partial charge >= 0.3 is 0 Å². The van der Waals surface area contributed by atoms with E-state index in [1.165, 1.54) is 0 Å². The molecule has 16 heavy (non-hydrogen) atoms. The highest BCUT2D eigenvalue weighted by molar-refractivity contribution is 7.84. The quantitative estimate of drug-likeness (QED) is 0.787. The molecule has 0 N–H and O–H groups in total. The highest BCUT2D eigenvalue weighted by atomic mass is 32.2. The minimum absolute atomic E-state index is 0.513. The van der Waals surface area contributed by atoms with Gasteiger partial charge in [-0.1, -0.05) is 32.4 Å². The van der Waals surface area contributed by atoms with E-state index in [0.29, 0.717) is 17.2 Å². The van der Waals surface area contributed by atoms with Crippen molar-refractivity contribution in [1.29, 1.82) is 5.26 Å². The van der Waals surface area contributed by atoms with E-state index < -0.39 is 10.8 Å². The second-order valence-electron chi connectivity index (χ2n) is 4.07. The normalized spacial score (nSPS) is 14.1. The summed E-state index contributed by atoms with van der Waals surface area (Å²) in [5, 5.41) is 8.65. The first-order chi connectivity index (χ1) is 7.65. The highest BCUT2D eigenvalue weighted by Gasteiger charge is 2.06. The standard InChI is InChI=1S/C13H17NOS/c1-3-11(2)9-16(15)10-13-6-4-12(8-14)5-7-13/h4-7,11H,3,9-10H2,1-2H3. The third-order valence-corrected chi connectivity index (χ3v) is 4.17. The van der Waals surface area contributed by atoms with Crippen LogP contribution in [0.15, 0.2) is 24.3 Å². The molecule has 0 aliphatic heterocycles. The Labute approximate surface area is 99.8 Å². The number of hydrogen-bond acceptors (Lipinski definition) is 2. The lowest BCUT2D eigenvalue weighted by molar-refractivity contribution is 0.615. The van der Waals surface area contributed by atoms with Crippen LogP contribution in [0, 0.1) is 17.2 Å². The maximum absolute atomic E-state index is 11.8. The van der Waals surface area contributed by atoms with E-state index in [-0.39, 0.29) is 0 Å². The van der Waals surface area contributed by atoms with Crippen molar-refractivity contribution in [3.63, 3.8) is 0 Å². The minimum Gasteiger partial charge on any atom is -0.259 e. The molecule has 0 saturated heterocycles. The van der Waals surface area contributed by atoms with Gasteiger partial charge in [0.25, 0.3) is 0 Å². The molecule has 0 radical (unpaired) electrons. The zero-order valence-corrected chi connectivity index (χ0v) is 10.6. The molecule has 3 heteroatoms. The molecular formula is C13H17NOS. The Bertz CT molecular complexity index is 391. The number of benzene rings is 1. The highest BCUT2D eigenvalue weighted by Crippen LogP contribution is 2.09. The van der Waals surface area contributed by atoms with Crippen molar-refractivity contribution in [2.24, 2.45) is 5.92 Å². The largest absolute Gasteiger partial charge is 0.259 e. The molecule has 1 aromatic carbocycles. The first kappa shape index (κ1) is 12.9. The smallest absolute Gasteiger partial charge is 0.0991 e. The van der Waals surface area contributed by atoms with Crippen LogP contribution in [0.2, 0.25) is 0 Å². The van der Waals surface area contributed by atoms with Crippen LogP contribution in [-0.2, 0) is 16.6 Å². The molecule has 0 saturated carbocycles. The van der Waals surface area contributed by atoms with E-state index in [2.05, 4.69) is 19.9 Å². The molecule has 0 spiro atoms. The van der Waals surface area contributed by atoms with Crippen LogP contribution >= 0.6 is 0 Å². The van der Waals surface area contributed by atoms with Gasteiger partial charge in [0.2, 0.25) is 0 Å². The molecule has 0 aliphatic carbocycles. The Morgan fingerprint density at radius 3 is 2.50 bits per heavy atom. The van der Waals surface area contributed by atoms with Gasteiger partial charge in [0.1, 0.15) is 0 Å². The topological polar surface area (TPSA) is 40.9 Å². The molecule has 1 aromatic rings. The molecule has 0 aliphatic rings. The lowest BCUT2D eigenvalue weighted by Crippen LogP contribution is -2.08. The summed E-state index contributed by atoms with van der Waals surface area (Å²) in [5.74, 6) is 1.87. The lowest BCUT2D eigenvalue weighted by atomic mass is 10.2. The van der Waals surface area contributed by atoms with Crippen molar-refractivity contribution in [3.05, 3.63) is 35.4 Å². The van der Waals surface area contributed by atoms with Crippen LogP contribution < -0.4 is 0 Å².